The van der Waals surface area contributed by atoms with Crippen molar-refractivity contribution in [2.24, 2.45) is 5.92 Å². The zero-order chi connectivity index (χ0) is 33.1. The highest BCUT2D eigenvalue weighted by molar-refractivity contribution is 7.89. The second kappa shape index (κ2) is 14.3. The third-order valence-corrected chi connectivity index (χ3v) is 10.7. The topological polar surface area (TPSA) is 140 Å². The first-order valence-electron chi connectivity index (χ1n) is 16.0. The second-order valence-corrected chi connectivity index (χ2v) is 14.9. The summed E-state index contributed by atoms with van der Waals surface area (Å²) < 4.78 is 29.8. The van der Waals surface area contributed by atoms with Crippen LogP contribution in [-0.4, -0.2) is 114 Å². The summed E-state index contributed by atoms with van der Waals surface area (Å²) in [7, 11) is 0.177. The van der Waals surface area contributed by atoms with Gasteiger partial charge >= 0.3 is 0 Å². The van der Waals surface area contributed by atoms with Crippen LogP contribution in [0.3, 0.4) is 0 Å². The molecular weight excluding hydrogens is 594 g/mol. The highest BCUT2D eigenvalue weighted by Gasteiger charge is 2.54. The second-order valence-electron chi connectivity index (χ2n) is 13.1. The van der Waals surface area contributed by atoms with Gasteiger partial charge in [-0.25, -0.2) is 17.8 Å². The summed E-state index contributed by atoms with van der Waals surface area (Å²) in [4.78, 5) is 33.4. The number of piperazine rings is 1. The van der Waals surface area contributed by atoms with E-state index in [9.17, 15) is 23.1 Å². The van der Waals surface area contributed by atoms with Crippen molar-refractivity contribution >= 4 is 21.8 Å². The van der Waals surface area contributed by atoms with Gasteiger partial charge in [0, 0.05) is 50.5 Å². The fourth-order valence-corrected chi connectivity index (χ4v) is 7.33. The summed E-state index contributed by atoms with van der Waals surface area (Å²) in [6.45, 7) is 13.1. The number of piperidine rings is 1. The van der Waals surface area contributed by atoms with E-state index in [0.717, 1.165) is 35.5 Å². The third kappa shape index (κ3) is 7.43. The first-order valence-corrected chi connectivity index (χ1v) is 17.5. The number of sulfonamides is 1. The van der Waals surface area contributed by atoms with Crippen molar-refractivity contribution < 1.29 is 23.1 Å². The molecule has 250 valence electrons. The molecule has 2 aliphatic heterocycles. The number of aliphatic hydroxyl groups excluding tert-OH is 1. The molecule has 1 aromatic heterocycles. The van der Waals surface area contributed by atoms with Crippen LogP contribution in [0.1, 0.15) is 63.4 Å². The van der Waals surface area contributed by atoms with Crippen molar-refractivity contribution in [2.45, 2.75) is 89.4 Å². The molecule has 0 saturated carbocycles. The number of unbranched alkanes of at least 4 members (excludes halogenated alkanes) is 1. The van der Waals surface area contributed by atoms with E-state index in [2.05, 4.69) is 21.9 Å². The first kappa shape index (κ1) is 35.0. The molecule has 2 aliphatic rings. The van der Waals surface area contributed by atoms with Crippen molar-refractivity contribution in [1.82, 2.24) is 34.5 Å². The van der Waals surface area contributed by atoms with Crippen LogP contribution in [0.2, 0.25) is 0 Å². The van der Waals surface area contributed by atoms with Crippen molar-refractivity contribution in [2.75, 3.05) is 46.8 Å². The quantitative estimate of drug-likeness (QED) is 0.300. The summed E-state index contributed by atoms with van der Waals surface area (Å²) in [5.74, 6) is -0.508. The molecule has 0 radical (unpaired) electrons. The molecule has 1 spiro atoms. The zero-order valence-electron chi connectivity index (χ0n) is 27.8. The van der Waals surface area contributed by atoms with Crippen molar-refractivity contribution in [1.29, 1.82) is 0 Å². The maximum Gasteiger partial charge on any atom is 0.248 e. The lowest BCUT2D eigenvalue weighted by molar-refractivity contribution is -0.165. The number of amides is 2. The molecular formula is C32H51N7O5S. The Balaban J connectivity index is 1.46. The van der Waals surface area contributed by atoms with Crippen molar-refractivity contribution in [3.63, 3.8) is 0 Å². The van der Waals surface area contributed by atoms with E-state index in [1.54, 1.807) is 29.2 Å². The summed E-state index contributed by atoms with van der Waals surface area (Å²) in [5, 5.41) is 18.4. The molecule has 3 heterocycles. The predicted octanol–water partition coefficient (Wildman–Crippen LogP) is 1.81. The number of rotatable bonds is 13. The lowest BCUT2D eigenvalue weighted by Gasteiger charge is -2.52. The predicted molar refractivity (Wildman–Crippen MR) is 173 cm³/mol. The Kier molecular flexibility index (Phi) is 11.1. The van der Waals surface area contributed by atoms with Crippen molar-refractivity contribution in [3.05, 3.63) is 41.2 Å². The van der Waals surface area contributed by atoms with Gasteiger partial charge in [0.1, 0.15) is 11.6 Å². The molecule has 4 rings (SSSR count). The number of nitrogens with zero attached hydrogens (tertiary/aromatic N) is 5. The van der Waals surface area contributed by atoms with Crippen LogP contribution in [0.5, 0.6) is 0 Å². The summed E-state index contributed by atoms with van der Waals surface area (Å²) in [6.07, 6.45) is 1.80. The molecule has 2 atom stereocenters. The average Bonchev–Trinajstić information content (AvgIpc) is 3.27. The minimum atomic E-state index is -3.61. The molecule has 13 heteroatoms. The molecule has 12 nitrogen and oxygen atoms in total. The van der Waals surface area contributed by atoms with Crippen LogP contribution in [0.4, 0.5) is 0 Å². The standard InChI is InChI=1S/C32H51N7O5S/c1-8-9-17-38-30(41)28(29(40)22(2)3)34-31(42)32(38)14-18-37(19-15-32)21-27-23(4)35-39(24(27)5)25-10-12-26(13-11-25)45(43,44)33-16-20-36(6)7/h10-13,22,28-29,33,40H,8-9,14-21H2,1-7H3,(H,34,42). The Hall–Kier alpha value is -2.84. The molecule has 2 unspecified atom stereocenters. The van der Waals surface area contributed by atoms with E-state index in [4.69, 9.17) is 5.10 Å². The van der Waals surface area contributed by atoms with Crippen LogP contribution in [0, 0.1) is 19.8 Å². The number of hydrogen-bond acceptors (Lipinski definition) is 8. The number of likely N-dealkylation sites (tertiary alicyclic amines) is 1. The zero-order valence-corrected chi connectivity index (χ0v) is 28.7. The van der Waals surface area contributed by atoms with Gasteiger partial charge in [-0.1, -0.05) is 27.2 Å². The van der Waals surface area contributed by atoms with Gasteiger partial charge < -0.3 is 20.2 Å². The van der Waals surface area contributed by atoms with Crippen molar-refractivity contribution in [3.8, 4) is 5.69 Å². The van der Waals surface area contributed by atoms with Gasteiger partial charge in [0.2, 0.25) is 21.8 Å². The highest BCUT2D eigenvalue weighted by Crippen LogP contribution is 2.35. The Morgan fingerprint density at radius 1 is 1.13 bits per heavy atom. The minimum absolute atomic E-state index is 0.156. The summed E-state index contributed by atoms with van der Waals surface area (Å²) in [6, 6.07) is 5.81. The summed E-state index contributed by atoms with van der Waals surface area (Å²) >= 11 is 0. The number of carbonyl (C=O) groups is 2. The molecule has 3 N–H and O–H groups in total. The smallest absolute Gasteiger partial charge is 0.248 e. The molecule has 2 saturated heterocycles. The normalized spacial score (nSPS) is 20.0. The van der Waals surface area contributed by atoms with Gasteiger partial charge in [0.25, 0.3) is 0 Å². The Bertz CT molecular complexity index is 1450. The van der Waals surface area contributed by atoms with Gasteiger partial charge in [0.15, 0.2) is 0 Å². The molecule has 0 bridgehead atoms. The van der Waals surface area contributed by atoms with Gasteiger partial charge in [-0.05, 0) is 77.4 Å². The Morgan fingerprint density at radius 2 is 1.78 bits per heavy atom. The third-order valence-electron chi connectivity index (χ3n) is 9.27. The van der Waals surface area contributed by atoms with Gasteiger partial charge in [0.05, 0.1) is 22.4 Å². The van der Waals surface area contributed by atoms with E-state index in [1.165, 1.54) is 0 Å². The molecule has 0 aliphatic carbocycles. The van der Waals surface area contributed by atoms with E-state index in [1.807, 2.05) is 51.4 Å². The van der Waals surface area contributed by atoms with Gasteiger partial charge in [-0.15, -0.1) is 0 Å². The van der Waals surface area contributed by atoms with Crippen LogP contribution >= 0.6 is 0 Å². The number of carbonyl (C=O) groups excluding carboxylic acids is 2. The Morgan fingerprint density at radius 3 is 2.36 bits per heavy atom. The molecule has 2 aromatic rings. The SMILES string of the molecule is CCCCN1C(=O)C(C(O)C(C)C)NC(=O)C12CCN(Cc1c(C)nn(-c3ccc(S(=O)(=O)NCCN(C)C)cc3)c1C)CC2. The maximum absolute atomic E-state index is 13.6. The fraction of sp³-hybridized carbons (Fsp3) is 0.656. The average molecular weight is 646 g/mol. The van der Waals surface area contributed by atoms with Crippen LogP contribution in [-0.2, 0) is 26.2 Å². The van der Waals surface area contributed by atoms with Gasteiger partial charge in [-0.2, -0.15) is 5.10 Å². The Labute approximate surface area is 268 Å². The van der Waals surface area contributed by atoms with E-state index < -0.39 is 27.7 Å². The lowest BCUT2D eigenvalue weighted by Crippen LogP contribution is -2.74. The molecule has 2 amide bonds. The first-order chi connectivity index (χ1) is 21.2. The highest BCUT2D eigenvalue weighted by atomic mass is 32.2. The molecule has 45 heavy (non-hydrogen) atoms. The maximum atomic E-state index is 13.6. The largest absolute Gasteiger partial charge is 0.390 e. The minimum Gasteiger partial charge on any atom is -0.390 e. The van der Waals surface area contributed by atoms with E-state index in [0.29, 0.717) is 52.1 Å². The lowest BCUT2D eigenvalue weighted by atomic mass is 9.80. The van der Waals surface area contributed by atoms with E-state index >= 15 is 0 Å². The number of aromatic nitrogens is 2. The number of nitrogens with one attached hydrogen (secondary N) is 2. The van der Waals surface area contributed by atoms with Gasteiger partial charge in [-0.3, -0.25) is 14.5 Å². The fourth-order valence-electron chi connectivity index (χ4n) is 6.31. The number of benzene rings is 1. The van der Waals surface area contributed by atoms with Crippen LogP contribution in [0.15, 0.2) is 29.2 Å². The number of hydrogen-bond donors (Lipinski definition) is 3. The number of likely N-dealkylation sites (N-methyl/N-ethyl adjacent to an activating group) is 1. The van der Waals surface area contributed by atoms with E-state index in [-0.39, 0.29) is 22.6 Å². The molecule has 2 fully saturated rings. The number of aliphatic hydroxyl groups is 1. The molecule has 1 aromatic carbocycles. The number of aryl methyl sites for hydroxylation is 1. The van der Waals surface area contributed by atoms with Crippen LogP contribution < -0.4 is 10.0 Å². The summed E-state index contributed by atoms with van der Waals surface area (Å²) in [5.41, 5.74) is 2.80. The monoisotopic (exact) mass is 645 g/mol. The van der Waals surface area contributed by atoms with Crippen LogP contribution in [0.25, 0.3) is 5.69 Å².